The van der Waals surface area contributed by atoms with E-state index in [4.69, 9.17) is 9.99 Å². The molecule has 22 heavy (non-hydrogen) atoms. The molecule has 0 aliphatic carbocycles. The van der Waals surface area contributed by atoms with Gasteiger partial charge in [-0.1, -0.05) is 41.9 Å². The Morgan fingerprint density at radius 3 is 2.32 bits per heavy atom. The largest absolute Gasteiger partial charge is 1.00 e. The van der Waals surface area contributed by atoms with Crippen molar-refractivity contribution in [2.45, 2.75) is 6.61 Å². The molecule has 0 aliphatic heterocycles. The van der Waals surface area contributed by atoms with Crippen LogP contribution in [0.5, 0.6) is 0 Å². The Morgan fingerprint density at radius 2 is 1.91 bits per heavy atom. The SMILES string of the molecule is C=CSOOO.O=S(=O)([O-])CCOCc1ccccc1.[Na+].[Na]. The van der Waals surface area contributed by atoms with Gasteiger partial charge >= 0.3 is 29.6 Å². The fraction of sp³-hybridized carbons (Fsp3) is 0.273. The van der Waals surface area contributed by atoms with E-state index in [2.05, 4.69) is 16.0 Å². The van der Waals surface area contributed by atoms with Gasteiger partial charge in [-0.05, 0) is 11.0 Å². The Bertz CT molecular complexity index is 457. The zero-order chi connectivity index (χ0) is 15.3. The van der Waals surface area contributed by atoms with Gasteiger partial charge in [-0.2, -0.15) is 0 Å². The van der Waals surface area contributed by atoms with E-state index in [0.29, 0.717) is 6.61 Å². The molecule has 11 heteroatoms. The first kappa shape index (κ1) is 27.9. The molecule has 1 aromatic rings. The van der Waals surface area contributed by atoms with Gasteiger partial charge in [0.1, 0.15) is 0 Å². The molecule has 0 fully saturated rings. The Hall–Kier alpha value is 1.06. The number of hydrogen-bond acceptors (Lipinski definition) is 8. The average molecular weight is 369 g/mol. The molecule has 1 radical (unpaired) electrons. The molecule has 0 saturated heterocycles. The first-order valence-electron chi connectivity index (χ1n) is 5.29. The van der Waals surface area contributed by atoms with Gasteiger partial charge in [0.05, 0.1) is 41.1 Å². The van der Waals surface area contributed by atoms with E-state index in [9.17, 15) is 13.0 Å². The van der Waals surface area contributed by atoms with Crippen molar-refractivity contribution >= 4 is 51.7 Å². The van der Waals surface area contributed by atoms with Crippen LogP contribution in [0.2, 0.25) is 0 Å². The van der Waals surface area contributed by atoms with Crippen molar-refractivity contribution in [1.29, 1.82) is 0 Å². The van der Waals surface area contributed by atoms with Crippen molar-refractivity contribution in [3.8, 4) is 0 Å². The van der Waals surface area contributed by atoms with Gasteiger partial charge in [-0.3, -0.25) is 0 Å². The van der Waals surface area contributed by atoms with Crippen LogP contribution >= 0.6 is 12.0 Å². The summed E-state index contributed by atoms with van der Waals surface area (Å²) in [4.78, 5) is 0. The van der Waals surface area contributed by atoms with Crippen LogP contribution in [0.3, 0.4) is 0 Å². The summed E-state index contributed by atoms with van der Waals surface area (Å²) in [5, 5.41) is 12.0. The number of benzene rings is 1. The Labute approximate surface area is 178 Å². The summed E-state index contributed by atoms with van der Waals surface area (Å²) in [5.74, 6) is -0.472. The summed E-state index contributed by atoms with van der Waals surface area (Å²) in [6.07, 6.45) is 0. The van der Waals surface area contributed by atoms with Crippen molar-refractivity contribution < 1.29 is 61.9 Å². The second kappa shape index (κ2) is 18.4. The van der Waals surface area contributed by atoms with E-state index in [1.165, 1.54) is 5.41 Å². The maximum atomic E-state index is 10.2. The molecular weight excluding hydrogens is 354 g/mol. The van der Waals surface area contributed by atoms with E-state index in [-0.39, 0.29) is 65.7 Å². The van der Waals surface area contributed by atoms with Gasteiger partial charge < -0.3 is 9.29 Å². The zero-order valence-corrected chi connectivity index (χ0v) is 18.1. The van der Waals surface area contributed by atoms with Crippen LogP contribution in [0.4, 0.5) is 0 Å². The van der Waals surface area contributed by atoms with E-state index >= 15 is 0 Å². The normalized spacial score (nSPS) is 9.55. The van der Waals surface area contributed by atoms with Crippen molar-refractivity contribution in [2.24, 2.45) is 0 Å². The molecule has 1 N–H and O–H groups in total. The summed E-state index contributed by atoms with van der Waals surface area (Å²) >= 11 is 0.800. The fourth-order valence-electron chi connectivity index (χ4n) is 0.971. The van der Waals surface area contributed by atoms with Crippen LogP contribution in [-0.2, 0) is 30.8 Å². The quantitative estimate of drug-likeness (QED) is 0.149. The van der Waals surface area contributed by atoms with Crippen molar-refractivity contribution in [3.05, 3.63) is 47.9 Å². The minimum Gasteiger partial charge on any atom is -0.748 e. The fourth-order valence-corrected chi connectivity index (χ4v) is 1.38. The maximum Gasteiger partial charge on any atom is 1.00 e. The molecule has 0 aliphatic rings. The summed E-state index contributed by atoms with van der Waals surface area (Å²) in [6.45, 7) is 3.52. The molecule has 0 heterocycles. The Balaban J connectivity index is -0.000000392. The van der Waals surface area contributed by atoms with E-state index in [0.717, 1.165) is 17.6 Å². The molecule has 0 saturated carbocycles. The minimum absolute atomic E-state index is 0. The van der Waals surface area contributed by atoms with Gasteiger partial charge in [0.25, 0.3) is 0 Å². The Morgan fingerprint density at radius 1 is 1.32 bits per heavy atom. The van der Waals surface area contributed by atoms with Crippen LogP contribution < -0.4 is 29.6 Å². The second-order valence-electron chi connectivity index (χ2n) is 3.21. The van der Waals surface area contributed by atoms with Gasteiger partial charge in [0.15, 0.2) is 0 Å². The molecule has 115 valence electrons. The number of hydrogen-bond donors (Lipinski definition) is 1. The molecule has 0 spiro atoms. The molecule has 0 amide bonds. The average Bonchev–Trinajstić information content (AvgIpc) is 2.42. The maximum absolute atomic E-state index is 10.2. The molecular formula is C11H15Na2O7S2. The number of rotatable bonds is 8. The van der Waals surface area contributed by atoms with Gasteiger partial charge in [0.2, 0.25) is 0 Å². The Kier molecular flexibility index (Phi) is 23.3. The predicted octanol–water partition coefficient (Wildman–Crippen LogP) is -1.43. The third kappa shape index (κ3) is 21.1. The molecule has 1 rings (SSSR count). The van der Waals surface area contributed by atoms with Crippen LogP contribution in [0.25, 0.3) is 0 Å². The van der Waals surface area contributed by atoms with Crippen molar-refractivity contribution in [1.82, 2.24) is 0 Å². The predicted molar refractivity (Wildman–Crippen MR) is 79.0 cm³/mol. The standard InChI is InChI=1S/C9H12O4S.C2H4O3S.2Na/c10-14(11,12)7-6-13-8-9-4-2-1-3-5-9;1-2-6-5-4-3;;/h1-5H,6-8H2,(H,10,11,12);2-3H,1H2;;/q;;;+1/p-1. The van der Waals surface area contributed by atoms with E-state index in [1.807, 2.05) is 30.3 Å². The third-order valence-electron chi connectivity index (χ3n) is 1.73. The first-order chi connectivity index (χ1) is 9.49. The second-order valence-corrected chi connectivity index (χ2v) is 5.39. The molecule has 1 aromatic carbocycles. The number of ether oxygens (including phenoxy) is 1. The first-order valence-corrected chi connectivity index (χ1v) is 7.67. The minimum atomic E-state index is -4.15. The van der Waals surface area contributed by atoms with Crippen molar-refractivity contribution in [3.63, 3.8) is 0 Å². The van der Waals surface area contributed by atoms with Gasteiger partial charge in [0, 0.05) is 29.6 Å². The smallest absolute Gasteiger partial charge is 0.748 e. The van der Waals surface area contributed by atoms with Gasteiger partial charge in [-0.15, -0.1) is 4.33 Å². The monoisotopic (exact) mass is 369 g/mol. The zero-order valence-electron chi connectivity index (χ0n) is 12.5. The van der Waals surface area contributed by atoms with Crippen LogP contribution in [0.1, 0.15) is 5.56 Å². The van der Waals surface area contributed by atoms with Crippen LogP contribution in [0.15, 0.2) is 42.3 Å². The summed E-state index contributed by atoms with van der Waals surface area (Å²) < 4.78 is 39.5. The van der Waals surface area contributed by atoms with E-state index in [1.54, 1.807) is 0 Å². The molecule has 7 nitrogen and oxygen atoms in total. The molecule has 0 atom stereocenters. The van der Waals surface area contributed by atoms with Crippen molar-refractivity contribution in [2.75, 3.05) is 12.4 Å². The molecule has 0 bridgehead atoms. The van der Waals surface area contributed by atoms with Gasteiger partial charge in [-0.25, -0.2) is 13.7 Å². The molecule has 0 unspecified atom stereocenters. The van der Waals surface area contributed by atoms with Crippen LogP contribution in [-0.4, -0.2) is 60.1 Å². The van der Waals surface area contributed by atoms with E-state index < -0.39 is 15.9 Å². The topological polar surface area (TPSA) is 105 Å². The summed E-state index contributed by atoms with van der Waals surface area (Å²) in [5.41, 5.74) is 0.954. The van der Waals surface area contributed by atoms with Crippen LogP contribution in [0, 0.1) is 0 Å². The summed E-state index contributed by atoms with van der Waals surface area (Å²) in [6, 6.07) is 9.34. The summed E-state index contributed by atoms with van der Waals surface area (Å²) in [7, 11) is -4.15. The molecule has 0 aromatic heterocycles. The third-order valence-corrected chi connectivity index (χ3v) is 2.67.